The second-order valence-corrected chi connectivity index (χ2v) is 3.72. The zero-order valence-electron chi connectivity index (χ0n) is 9.44. The van der Waals surface area contributed by atoms with Crippen molar-refractivity contribution in [1.29, 1.82) is 0 Å². The normalized spacial score (nSPS) is 12.4. The number of amides is 1. The fourth-order valence-corrected chi connectivity index (χ4v) is 1.53. The van der Waals surface area contributed by atoms with Crippen LogP contribution < -0.4 is 11.1 Å². The molecule has 4 N–H and O–H groups in total. The molecule has 0 bridgehead atoms. The largest absolute Gasteiger partial charge is 0.392 e. The lowest BCUT2D eigenvalue weighted by molar-refractivity contribution is -0.120. The maximum absolute atomic E-state index is 11.0. The smallest absolute Gasteiger partial charge is 0.234 e. The lowest BCUT2D eigenvalue weighted by Gasteiger charge is -2.13. The summed E-state index contributed by atoms with van der Waals surface area (Å²) in [7, 11) is 0. The Morgan fingerprint density at radius 2 is 2.19 bits per heavy atom. The van der Waals surface area contributed by atoms with Crippen molar-refractivity contribution in [1.82, 2.24) is 5.32 Å². The van der Waals surface area contributed by atoms with Gasteiger partial charge in [0.2, 0.25) is 5.91 Å². The van der Waals surface area contributed by atoms with Crippen LogP contribution in [0.25, 0.3) is 0 Å². The fourth-order valence-electron chi connectivity index (χ4n) is 1.53. The monoisotopic (exact) mass is 222 g/mol. The number of carbonyl (C=O) groups is 1. The molecule has 0 aromatic heterocycles. The molecule has 0 saturated carbocycles. The third-order valence-electron chi connectivity index (χ3n) is 2.48. The lowest BCUT2D eigenvalue weighted by atomic mass is 10.1. The van der Waals surface area contributed by atoms with E-state index in [2.05, 4.69) is 5.32 Å². The van der Waals surface area contributed by atoms with Gasteiger partial charge in [0, 0.05) is 6.54 Å². The lowest BCUT2D eigenvalue weighted by Crippen LogP contribution is -2.40. The van der Waals surface area contributed by atoms with Crippen LogP contribution in [-0.2, 0) is 17.9 Å². The third-order valence-corrected chi connectivity index (χ3v) is 2.48. The fraction of sp³-hybridized carbons (Fsp3) is 0.417. The number of rotatable bonds is 6. The van der Waals surface area contributed by atoms with Crippen molar-refractivity contribution < 1.29 is 9.90 Å². The highest BCUT2D eigenvalue weighted by Gasteiger charge is 2.11. The third kappa shape index (κ3) is 3.64. The Balaban J connectivity index is 2.56. The molecule has 0 saturated heterocycles. The molecule has 88 valence electrons. The van der Waals surface area contributed by atoms with Gasteiger partial charge < -0.3 is 16.2 Å². The summed E-state index contributed by atoms with van der Waals surface area (Å²) in [5.74, 6) is -0.333. The van der Waals surface area contributed by atoms with Crippen molar-refractivity contribution in [2.45, 2.75) is 32.5 Å². The molecule has 4 heteroatoms. The van der Waals surface area contributed by atoms with Crippen LogP contribution in [0.1, 0.15) is 24.5 Å². The van der Waals surface area contributed by atoms with Crippen molar-refractivity contribution in [3.05, 3.63) is 35.4 Å². The highest BCUT2D eigenvalue weighted by atomic mass is 16.3. The average Bonchev–Trinajstić information content (AvgIpc) is 2.29. The first-order valence-corrected chi connectivity index (χ1v) is 5.38. The van der Waals surface area contributed by atoms with E-state index in [0.29, 0.717) is 13.0 Å². The van der Waals surface area contributed by atoms with Crippen LogP contribution >= 0.6 is 0 Å². The Bertz CT molecular complexity index is 353. The topological polar surface area (TPSA) is 75.3 Å². The molecular weight excluding hydrogens is 204 g/mol. The minimum atomic E-state index is -0.333. The molecule has 1 rings (SSSR count). The van der Waals surface area contributed by atoms with Gasteiger partial charge in [-0.25, -0.2) is 0 Å². The molecule has 1 atom stereocenters. The van der Waals surface area contributed by atoms with Gasteiger partial charge in [-0.15, -0.1) is 0 Å². The van der Waals surface area contributed by atoms with E-state index in [9.17, 15) is 4.79 Å². The maximum Gasteiger partial charge on any atom is 0.234 e. The number of hydrogen-bond donors (Lipinski definition) is 3. The van der Waals surface area contributed by atoms with Crippen LogP contribution in [0.4, 0.5) is 0 Å². The van der Waals surface area contributed by atoms with E-state index in [1.54, 1.807) is 0 Å². The number of aliphatic hydroxyl groups excluding tert-OH is 1. The zero-order chi connectivity index (χ0) is 12.0. The van der Waals surface area contributed by atoms with Gasteiger partial charge in [-0.3, -0.25) is 4.79 Å². The van der Waals surface area contributed by atoms with Crippen LogP contribution in [0.5, 0.6) is 0 Å². The summed E-state index contributed by atoms with van der Waals surface area (Å²) < 4.78 is 0. The molecule has 0 fully saturated rings. The molecule has 0 spiro atoms. The Morgan fingerprint density at radius 3 is 2.75 bits per heavy atom. The summed E-state index contributed by atoms with van der Waals surface area (Å²) in [5, 5.41) is 12.1. The van der Waals surface area contributed by atoms with E-state index in [-0.39, 0.29) is 18.6 Å². The molecule has 4 nitrogen and oxygen atoms in total. The van der Waals surface area contributed by atoms with Crippen LogP contribution in [0.2, 0.25) is 0 Å². The molecule has 0 radical (unpaired) electrons. The Morgan fingerprint density at radius 1 is 1.50 bits per heavy atom. The molecule has 0 aliphatic carbocycles. The summed E-state index contributed by atoms with van der Waals surface area (Å²) in [6.45, 7) is 2.52. The Labute approximate surface area is 95.5 Å². The van der Waals surface area contributed by atoms with Gasteiger partial charge in [-0.05, 0) is 17.5 Å². The minimum Gasteiger partial charge on any atom is -0.392 e. The number of primary amides is 1. The Hall–Kier alpha value is -1.39. The summed E-state index contributed by atoms with van der Waals surface area (Å²) in [6.07, 6.45) is 0.676. The van der Waals surface area contributed by atoms with Crippen molar-refractivity contribution in [3.8, 4) is 0 Å². The molecule has 16 heavy (non-hydrogen) atoms. The van der Waals surface area contributed by atoms with Crippen LogP contribution in [0.15, 0.2) is 24.3 Å². The van der Waals surface area contributed by atoms with Gasteiger partial charge in [0.05, 0.1) is 12.6 Å². The summed E-state index contributed by atoms with van der Waals surface area (Å²) >= 11 is 0. The number of benzene rings is 1. The number of nitrogens with one attached hydrogen (secondary N) is 1. The van der Waals surface area contributed by atoms with Crippen LogP contribution in [-0.4, -0.2) is 17.1 Å². The molecule has 1 amide bonds. The van der Waals surface area contributed by atoms with Crippen LogP contribution in [0, 0.1) is 0 Å². The van der Waals surface area contributed by atoms with Crippen molar-refractivity contribution >= 4 is 5.91 Å². The first kappa shape index (κ1) is 12.7. The second-order valence-electron chi connectivity index (χ2n) is 3.72. The standard InChI is InChI=1S/C12H18N2O2/c1-2-11(12(13)16)14-7-9-4-3-5-10(6-9)8-15/h3-6,11,14-15H,2,7-8H2,1H3,(H2,13,16). The molecular formula is C12H18N2O2. The zero-order valence-corrected chi connectivity index (χ0v) is 9.44. The first-order chi connectivity index (χ1) is 7.67. The number of aliphatic hydroxyl groups is 1. The van der Waals surface area contributed by atoms with E-state index in [0.717, 1.165) is 11.1 Å². The predicted molar refractivity (Wildman–Crippen MR) is 62.5 cm³/mol. The SMILES string of the molecule is CCC(NCc1cccc(CO)c1)C(N)=O. The summed E-state index contributed by atoms with van der Waals surface area (Å²) in [4.78, 5) is 11.0. The second kappa shape index (κ2) is 6.25. The molecule has 1 aromatic rings. The highest BCUT2D eigenvalue weighted by Crippen LogP contribution is 2.05. The molecule has 1 aromatic carbocycles. The minimum absolute atomic E-state index is 0.0286. The predicted octanol–water partition coefficient (Wildman–Crippen LogP) is 0.532. The van der Waals surface area contributed by atoms with Gasteiger partial charge in [-0.1, -0.05) is 31.2 Å². The molecule has 0 heterocycles. The van der Waals surface area contributed by atoms with E-state index in [4.69, 9.17) is 10.8 Å². The average molecular weight is 222 g/mol. The molecule has 0 aliphatic rings. The van der Waals surface area contributed by atoms with Gasteiger partial charge in [-0.2, -0.15) is 0 Å². The van der Waals surface area contributed by atoms with E-state index in [1.165, 1.54) is 0 Å². The van der Waals surface area contributed by atoms with Gasteiger partial charge in [0.15, 0.2) is 0 Å². The van der Waals surface area contributed by atoms with Crippen molar-refractivity contribution in [2.75, 3.05) is 0 Å². The first-order valence-electron chi connectivity index (χ1n) is 5.38. The number of hydrogen-bond acceptors (Lipinski definition) is 3. The highest BCUT2D eigenvalue weighted by molar-refractivity contribution is 5.79. The maximum atomic E-state index is 11.0. The van der Waals surface area contributed by atoms with Crippen molar-refractivity contribution in [3.63, 3.8) is 0 Å². The Kier molecular flexibility index (Phi) is 4.95. The number of nitrogens with two attached hydrogens (primary N) is 1. The van der Waals surface area contributed by atoms with E-state index >= 15 is 0 Å². The summed E-state index contributed by atoms with van der Waals surface area (Å²) in [5.41, 5.74) is 7.13. The molecule has 1 unspecified atom stereocenters. The van der Waals surface area contributed by atoms with E-state index in [1.807, 2.05) is 31.2 Å². The van der Waals surface area contributed by atoms with Gasteiger partial charge in [0.1, 0.15) is 0 Å². The van der Waals surface area contributed by atoms with E-state index < -0.39 is 0 Å². The quantitative estimate of drug-likeness (QED) is 0.657. The van der Waals surface area contributed by atoms with Crippen molar-refractivity contribution in [2.24, 2.45) is 5.73 Å². The van der Waals surface area contributed by atoms with Gasteiger partial charge in [0.25, 0.3) is 0 Å². The number of carbonyl (C=O) groups excluding carboxylic acids is 1. The molecule has 0 aliphatic heterocycles. The summed E-state index contributed by atoms with van der Waals surface area (Å²) in [6, 6.07) is 7.29. The van der Waals surface area contributed by atoms with Crippen LogP contribution in [0.3, 0.4) is 0 Å². The van der Waals surface area contributed by atoms with Gasteiger partial charge >= 0.3 is 0 Å².